The molecule has 1 aliphatic carbocycles. The normalized spacial score (nSPS) is 17.2. The van der Waals surface area contributed by atoms with Gasteiger partial charge in [0.2, 0.25) is 0 Å². The summed E-state index contributed by atoms with van der Waals surface area (Å²) in [6.45, 7) is 6.17. The van der Waals surface area contributed by atoms with Crippen molar-refractivity contribution in [3.8, 4) is 5.75 Å². The molecule has 0 amide bonds. The highest BCUT2D eigenvalue weighted by molar-refractivity contribution is 5.35. The van der Waals surface area contributed by atoms with Gasteiger partial charge in [-0.25, -0.2) is 0 Å². The molecule has 1 aromatic carbocycles. The largest absolute Gasteiger partial charge is 0.493 e. The number of para-hydroxylation sites is 1. The summed E-state index contributed by atoms with van der Waals surface area (Å²) in [5.41, 5.74) is 1.27. The Morgan fingerprint density at radius 3 is 2.78 bits per heavy atom. The Bertz CT molecular complexity index is 360. The summed E-state index contributed by atoms with van der Waals surface area (Å²) in [6.07, 6.45) is 5.43. The molecular formula is C16H25NO. The second kappa shape index (κ2) is 6.79. The Morgan fingerprint density at radius 1 is 1.33 bits per heavy atom. The van der Waals surface area contributed by atoms with E-state index in [2.05, 4.69) is 43.4 Å². The Kier molecular flexibility index (Phi) is 5.06. The summed E-state index contributed by atoms with van der Waals surface area (Å²) in [4.78, 5) is 0. The SMILES string of the molecule is CCNC(C)c1ccccc1OCCC1CCC1. The van der Waals surface area contributed by atoms with E-state index < -0.39 is 0 Å². The van der Waals surface area contributed by atoms with E-state index in [-0.39, 0.29) is 0 Å². The summed E-state index contributed by atoms with van der Waals surface area (Å²) < 4.78 is 5.97. The minimum Gasteiger partial charge on any atom is -0.493 e. The second-order valence-corrected chi connectivity index (χ2v) is 5.25. The van der Waals surface area contributed by atoms with Crippen molar-refractivity contribution in [2.45, 2.75) is 45.6 Å². The van der Waals surface area contributed by atoms with E-state index in [0.29, 0.717) is 6.04 Å². The van der Waals surface area contributed by atoms with Gasteiger partial charge in [-0.05, 0) is 31.9 Å². The zero-order valence-electron chi connectivity index (χ0n) is 11.6. The van der Waals surface area contributed by atoms with Gasteiger partial charge in [0.15, 0.2) is 0 Å². The van der Waals surface area contributed by atoms with Crippen molar-refractivity contribution < 1.29 is 4.74 Å². The monoisotopic (exact) mass is 247 g/mol. The van der Waals surface area contributed by atoms with Crippen molar-refractivity contribution >= 4 is 0 Å². The molecule has 0 spiro atoms. The number of ether oxygens (including phenoxy) is 1. The molecule has 2 rings (SSSR count). The zero-order valence-corrected chi connectivity index (χ0v) is 11.6. The molecule has 1 unspecified atom stereocenters. The standard InChI is InChI=1S/C16H25NO/c1-3-17-13(2)15-9-4-5-10-16(15)18-12-11-14-7-6-8-14/h4-5,9-10,13-14,17H,3,6-8,11-12H2,1-2H3. The predicted octanol–water partition coefficient (Wildman–Crippen LogP) is 3.93. The highest BCUT2D eigenvalue weighted by atomic mass is 16.5. The maximum atomic E-state index is 5.97. The zero-order chi connectivity index (χ0) is 12.8. The summed E-state index contributed by atoms with van der Waals surface area (Å²) in [7, 11) is 0. The second-order valence-electron chi connectivity index (χ2n) is 5.25. The van der Waals surface area contributed by atoms with Gasteiger partial charge in [0.1, 0.15) is 5.75 Å². The van der Waals surface area contributed by atoms with Crippen molar-refractivity contribution in [3.05, 3.63) is 29.8 Å². The average Bonchev–Trinajstić information content (AvgIpc) is 2.33. The summed E-state index contributed by atoms with van der Waals surface area (Å²) >= 11 is 0. The van der Waals surface area contributed by atoms with Crippen LogP contribution < -0.4 is 10.1 Å². The van der Waals surface area contributed by atoms with Gasteiger partial charge in [0.05, 0.1) is 6.61 Å². The van der Waals surface area contributed by atoms with Gasteiger partial charge in [0.25, 0.3) is 0 Å². The van der Waals surface area contributed by atoms with Crippen LogP contribution in [0.2, 0.25) is 0 Å². The summed E-state index contributed by atoms with van der Waals surface area (Å²) in [5, 5.41) is 3.44. The minimum atomic E-state index is 0.356. The average molecular weight is 247 g/mol. The molecule has 100 valence electrons. The van der Waals surface area contributed by atoms with E-state index in [4.69, 9.17) is 4.74 Å². The van der Waals surface area contributed by atoms with Gasteiger partial charge >= 0.3 is 0 Å². The number of benzene rings is 1. The lowest BCUT2D eigenvalue weighted by Gasteiger charge is -2.25. The molecule has 2 heteroatoms. The maximum Gasteiger partial charge on any atom is 0.124 e. The van der Waals surface area contributed by atoms with Gasteiger partial charge in [0, 0.05) is 11.6 Å². The lowest BCUT2D eigenvalue weighted by molar-refractivity contribution is 0.220. The Morgan fingerprint density at radius 2 is 2.11 bits per heavy atom. The van der Waals surface area contributed by atoms with Crippen molar-refractivity contribution in [1.82, 2.24) is 5.32 Å². The van der Waals surface area contributed by atoms with Gasteiger partial charge in [-0.15, -0.1) is 0 Å². The molecule has 1 N–H and O–H groups in total. The lowest BCUT2D eigenvalue weighted by atomic mass is 9.83. The van der Waals surface area contributed by atoms with E-state index in [9.17, 15) is 0 Å². The fraction of sp³-hybridized carbons (Fsp3) is 0.625. The van der Waals surface area contributed by atoms with E-state index in [0.717, 1.165) is 24.8 Å². The summed E-state index contributed by atoms with van der Waals surface area (Å²) in [6, 6.07) is 8.74. The molecule has 1 fully saturated rings. The van der Waals surface area contributed by atoms with Crippen LogP contribution in [0, 0.1) is 5.92 Å². The first-order valence-corrected chi connectivity index (χ1v) is 7.26. The number of hydrogen-bond donors (Lipinski definition) is 1. The molecule has 0 radical (unpaired) electrons. The van der Waals surface area contributed by atoms with Gasteiger partial charge < -0.3 is 10.1 Å². The third kappa shape index (κ3) is 3.49. The molecule has 0 aliphatic heterocycles. The molecule has 2 nitrogen and oxygen atoms in total. The van der Waals surface area contributed by atoms with E-state index in [1.54, 1.807) is 0 Å². The number of hydrogen-bond acceptors (Lipinski definition) is 2. The van der Waals surface area contributed by atoms with Crippen LogP contribution in [0.4, 0.5) is 0 Å². The van der Waals surface area contributed by atoms with E-state index in [1.807, 2.05) is 0 Å². The quantitative estimate of drug-likeness (QED) is 0.788. The topological polar surface area (TPSA) is 21.3 Å². The third-order valence-corrected chi connectivity index (χ3v) is 3.90. The van der Waals surface area contributed by atoms with Gasteiger partial charge in [-0.2, -0.15) is 0 Å². The van der Waals surface area contributed by atoms with Crippen LogP contribution in [-0.2, 0) is 0 Å². The molecule has 0 saturated heterocycles. The smallest absolute Gasteiger partial charge is 0.124 e. The van der Waals surface area contributed by atoms with Crippen molar-refractivity contribution in [2.24, 2.45) is 5.92 Å². The molecule has 0 heterocycles. The highest BCUT2D eigenvalue weighted by Gasteiger charge is 2.17. The van der Waals surface area contributed by atoms with Crippen LogP contribution in [0.3, 0.4) is 0 Å². The Hall–Kier alpha value is -1.02. The highest BCUT2D eigenvalue weighted by Crippen LogP contribution is 2.30. The first-order valence-electron chi connectivity index (χ1n) is 7.26. The first-order chi connectivity index (χ1) is 8.81. The molecule has 0 aromatic heterocycles. The summed E-state index contributed by atoms with van der Waals surface area (Å²) in [5.74, 6) is 1.97. The van der Waals surface area contributed by atoms with Crippen LogP contribution in [0.15, 0.2) is 24.3 Å². The van der Waals surface area contributed by atoms with Crippen LogP contribution in [0.1, 0.15) is 51.1 Å². The fourth-order valence-corrected chi connectivity index (χ4v) is 2.50. The molecule has 1 aromatic rings. The Balaban J connectivity index is 1.89. The van der Waals surface area contributed by atoms with Crippen LogP contribution >= 0.6 is 0 Å². The van der Waals surface area contributed by atoms with E-state index in [1.165, 1.54) is 31.2 Å². The molecular weight excluding hydrogens is 222 g/mol. The minimum absolute atomic E-state index is 0.356. The van der Waals surface area contributed by atoms with Crippen LogP contribution in [0.5, 0.6) is 5.75 Å². The molecule has 1 atom stereocenters. The van der Waals surface area contributed by atoms with Crippen molar-refractivity contribution in [1.29, 1.82) is 0 Å². The Labute approximate surface area is 111 Å². The van der Waals surface area contributed by atoms with Gasteiger partial charge in [-0.3, -0.25) is 0 Å². The van der Waals surface area contributed by atoms with Gasteiger partial charge in [-0.1, -0.05) is 44.4 Å². The van der Waals surface area contributed by atoms with Crippen molar-refractivity contribution in [2.75, 3.05) is 13.2 Å². The molecule has 1 aliphatic rings. The lowest BCUT2D eigenvalue weighted by Crippen LogP contribution is -2.19. The first kappa shape index (κ1) is 13.4. The molecule has 1 saturated carbocycles. The number of nitrogens with one attached hydrogen (secondary N) is 1. The van der Waals surface area contributed by atoms with Crippen LogP contribution in [0.25, 0.3) is 0 Å². The number of rotatable bonds is 7. The molecule has 18 heavy (non-hydrogen) atoms. The third-order valence-electron chi connectivity index (χ3n) is 3.90. The van der Waals surface area contributed by atoms with E-state index >= 15 is 0 Å². The maximum absolute atomic E-state index is 5.97. The predicted molar refractivity (Wildman–Crippen MR) is 76.0 cm³/mol. The molecule has 0 bridgehead atoms. The fourth-order valence-electron chi connectivity index (χ4n) is 2.50. The van der Waals surface area contributed by atoms with Crippen LogP contribution in [-0.4, -0.2) is 13.2 Å². The van der Waals surface area contributed by atoms with Crippen molar-refractivity contribution in [3.63, 3.8) is 0 Å².